The summed E-state index contributed by atoms with van der Waals surface area (Å²) < 4.78 is 18.6. The Balaban J connectivity index is 0.000000188. The second-order valence-electron chi connectivity index (χ2n) is 14.5. The molecule has 5 heterocycles. The summed E-state index contributed by atoms with van der Waals surface area (Å²) in [6.45, 7) is 2.99. The zero-order valence-corrected chi connectivity index (χ0v) is 30.1. The third-order valence-electron chi connectivity index (χ3n) is 11.8. The molecule has 264 valence electrons. The lowest BCUT2D eigenvalue weighted by atomic mass is 9.94. The smallest absolute Gasteiger partial charge is 0.316 e. The number of piperidine rings is 2. The monoisotopic (exact) mass is 728 g/mol. The zero-order valence-electron chi connectivity index (χ0n) is 28.5. The lowest BCUT2D eigenvalue weighted by Crippen LogP contribution is -3.00. The predicted octanol–water partition coefficient (Wildman–Crippen LogP) is 1.17. The quantitative estimate of drug-likeness (QED) is 0.202. The van der Waals surface area contributed by atoms with E-state index in [0.29, 0.717) is 36.4 Å². The molecule has 5 aliphatic heterocycles. The summed E-state index contributed by atoms with van der Waals surface area (Å²) in [6, 6.07) is 20.8. The molecule has 5 saturated heterocycles. The lowest BCUT2D eigenvalue weighted by Gasteiger charge is -2.48. The molecule has 0 aliphatic carbocycles. The van der Waals surface area contributed by atoms with E-state index in [1.807, 2.05) is 60.7 Å². The number of aliphatic hydroxyl groups is 2. The van der Waals surface area contributed by atoms with E-state index in [9.17, 15) is 19.8 Å². The number of esters is 2. The fourth-order valence-corrected chi connectivity index (χ4v) is 8.94. The number of hydrogen-bond donors (Lipinski definition) is 2. The number of benzene rings is 2. The molecule has 9 nitrogen and oxygen atoms in total. The highest BCUT2D eigenvalue weighted by Gasteiger charge is 2.71. The summed E-state index contributed by atoms with van der Waals surface area (Å²) in [5, 5.41) is 19.2. The minimum absolute atomic E-state index is 0. The number of likely N-dealkylation sites (N-methyl/N-ethyl adjacent to an activating group) is 1. The molecule has 0 saturated carbocycles. The topological polar surface area (TPSA) is 109 Å². The van der Waals surface area contributed by atoms with Crippen molar-refractivity contribution in [2.75, 3.05) is 33.9 Å². The molecule has 3 unspecified atom stereocenters. The van der Waals surface area contributed by atoms with Gasteiger partial charge in [-0.3, -0.25) is 9.59 Å². The average molecular weight is 730 g/mol. The normalized spacial score (nSPS) is 34.0. The molecule has 0 aromatic heterocycles. The number of hydrogen-bond acceptors (Lipinski definition) is 8. The van der Waals surface area contributed by atoms with E-state index in [1.54, 1.807) is 0 Å². The third kappa shape index (κ3) is 7.69. The molecule has 5 fully saturated rings. The molecular weight excluding hydrogens is 676 g/mol. The standard InChI is InChI=1S/C21H30NO4.C17H23NO3.BrH/c1-3-4-10-22(2)17-11-15(12-18(22)20-19(17)26-20)25-21(24)16(13-23)14-8-6-5-7-9-14;1-18-13-7-8-14(18)10-15(9-13)21-17(20)16(11-19)12-5-3-2-4-6-12;/h5-9,15-20,23H,3-4,10-13H2,1-2H3;2-6,13-16,19H,7-11H2,1H3;1H/q+1;;/p-1/t15?,16-,17-,18+,19-,20+,22?;13-,14+,15?,16-;/m11./s1. The van der Waals surface area contributed by atoms with Gasteiger partial charge in [-0.05, 0) is 50.3 Å². The van der Waals surface area contributed by atoms with Crippen LogP contribution in [0.25, 0.3) is 0 Å². The molecule has 2 aromatic carbocycles. The molecule has 0 radical (unpaired) electrons. The summed E-state index contributed by atoms with van der Waals surface area (Å²) >= 11 is 0. The van der Waals surface area contributed by atoms with Crippen LogP contribution in [0.3, 0.4) is 0 Å². The SMILES string of the molecule is CCCC[N+]1(C)[C@@H]2CC(OC(=O)[C@H](CO)c3ccccc3)C[C@H]1[C@@H]1O[C@@H]12.CN1[C@@H]2CC[C@H]1CC(OC(=O)[C@H](CO)c1ccccc1)C2.[Br-]. The first-order valence-corrected chi connectivity index (χ1v) is 17.7. The van der Waals surface area contributed by atoms with E-state index in [2.05, 4.69) is 25.9 Å². The van der Waals surface area contributed by atoms with Crippen LogP contribution in [0, 0.1) is 0 Å². The minimum Gasteiger partial charge on any atom is -1.00 e. The molecule has 48 heavy (non-hydrogen) atoms. The Morgan fingerprint density at radius 3 is 1.67 bits per heavy atom. The van der Waals surface area contributed by atoms with E-state index in [-0.39, 0.29) is 54.3 Å². The fraction of sp³-hybridized carbons (Fsp3) is 0.632. The van der Waals surface area contributed by atoms with Crippen LogP contribution in [0.4, 0.5) is 0 Å². The largest absolute Gasteiger partial charge is 1.00 e. The maximum absolute atomic E-state index is 12.7. The maximum Gasteiger partial charge on any atom is 0.316 e. The van der Waals surface area contributed by atoms with Crippen molar-refractivity contribution in [2.24, 2.45) is 0 Å². The number of aliphatic hydroxyl groups excluding tert-OH is 2. The van der Waals surface area contributed by atoms with Crippen molar-refractivity contribution in [2.45, 2.75) is 119 Å². The Bertz CT molecular complexity index is 1320. The molecule has 2 aromatic rings. The number of carbonyl (C=O) groups is 2. The van der Waals surface area contributed by atoms with Crippen molar-refractivity contribution in [1.82, 2.24) is 4.90 Å². The first kappa shape index (κ1) is 36.9. The van der Waals surface area contributed by atoms with Gasteiger partial charge in [-0.15, -0.1) is 0 Å². The van der Waals surface area contributed by atoms with Gasteiger partial charge in [-0.2, -0.15) is 0 Å². The van der Waals surface area contributed by atoms with Crippen LogP contribution >= 0.6 is 0 Å². The number of morpholine rings is 1. The number of carbonyl (C=O) groups excluding carboxylic acids is 2. The number of halogens is 1. The Hall–Kier alpha value is -2.34. The molecule has 4 bridgehead atoms. The van der Waals surface area contributed by atoms with Crippen LogP contribution in [0.15, 0.2) is 60.7 Å². The summed E-state index contributed by atoms with van der Waals surface area (Å²) in [5.41, 5.74) is 1.63. The van der Waals surface area contributed by atoms with E-state index in [0.717, 1.165) is 41.3 Å². The number of unbranched alkanes of at least 4 members (excludes halogenated alkanes) is 1. The molecule has 7 rings (SSSR count). The van der Waals surface area contributed by atoms with Gasteiger partial charge < -0.3 is 50.8 Å². The fourth-order valence-electron chi connectivity index (χ4n) is 8.94. The van der Waals surface area contributed by atoms with Crippen LogP contribution in [0.2, 0.25) is 0 Å². The average Bonchev–Trinajstić information content (AvgIpc) is 3.82. The first-order chi connectivity index (χ1) is 22.8. The van der Waals surface area contributed by atoms with Gasteiger partial charge in [0.15, 0.2) is 0 Å². The summed E-state index contributed by atoms with van der Waals surface area (Å²) in [7, 11) is 4.53. The Labute approximate surface area is 295 Å². The molecule has 0 spiro atoms. The second kappa shape index (κ2) is 16.1. The van der Waals surface area contributed by atoms with Crippen LogP contribution < -0.4 is 17.0 Å². The van der Waals surface area contributed by atoms with Gasteiger partial charge in [0.05, 0.1) is 26.8 Å². The van der Waals surface area contributed by atoms with Crippen LogP contribution in [0.1, 0.15) is 81.3 Å². The number of quaternary nitrogens is 1. The molecular formula is C38H53BrN2O7. The third-order valence-corrected chi connectivity index (χ3v) is 11.8. The first-order valence-electron chi connectivity index (χ1n) is 17.7. The van der Waals surface area contributed by atoms with Crippen molar-refractivity contribution in [3.8, 4) is 0 Å². The number of fused-ring (bicyclic) bond motifs is 7. The second-order valence-corrected chi connectivity index (χ2v) is 14.5. The molecule has 2 N–H and O–H groups in total. The van der Waals surface area contributed by atoms with Crippen molar-refractivity contribution < 1.29 is 55.5 Å². The van der Waals surface area contributed by atoms with Crippen LogP contribution in [-0.2, 0) is 23.8 Å². The van der Waals surface area contributed by atoms with Gasteiger partial charge in [0, 0.05) is 24.9 Å². The number of epoxide rings is 1. The van der Waals surface area contributed by atoms with Gasteiger partial charge in [-0.25, -0.2) is 0 Å². The highest BCUT2D eigenvalue weighted by atomic mass is 79.9. The van der Waals surface area contributed by atoms with Crippen molar-refractivity contribution in [3.05, 3.63) is 71.8 Å². The lowest BCUT2D eigenvalue weighted by molar-refractivity contribution is -0.956. The highest BCUT2D eigenvalue weighted by molar-refractivity contribution is 5.79. The Kier molecular flexibility index (Phi) is 12.4. The van der Waals surface area contributed by atoms with Crippen molar-refractivity contribution >= 4 is 11.9 Å². The number of ether oxygens (including phenoxy) is 3. The van der Waals surface area contributed by atoms with E-state index in [4.69, 9.17) is 14.2 Å². The van der Waals surface area contributed by atoms with Crippen molar-refractivity contribution in [1.29, 1.82) is 0 Å². The van der Waals surface area contributed by atoms with Gasteiger partial charge >= 0.3 is 11.9 Å². The molecule has 11 atom stereocenters. The van der Waals surface area contributed by atoms with Crippen LogP contribution in [-0.4, -0.2) is 114 Å². The van der Waals surface area contributed by atoms with Gasteiger partial charge in [0.1, 0.15) is 48.3 Å². The Morgan fingerprint density at radius 1 is 0.812 bits per heavy atom. The zero-order chi connectivity index (χ0) is 33.1. The van der Waals surface area contributed by atoms with Gasteiger partial charge in [-0.1, -0.05) is 74.0 Å². The minimum atomic E-state index is -0.595. The Morgan fingerprint density at radius 2 is 1.25 bits per heavy atom. The summed E-state index contributed by atoms with van der Waals surface area (Å²) in [4.78, 5) is 27.5. The number of nitrogens with zero attached hydrogens (tertiary/aromatic N) is 2. The van der Waals surface area contributed by atoms with Gasteiger partial charge in [0.2, 0.25) is 0 Å². The number of rotatable bonds is 11. The van der Waals surface area contributed by atoms with E-state index in [1.165, 1.54) is 32.2 Å². The summed E-state index contributed by atoms with van der Waals surface area (Å²) in [5.74, 6) is -1.76. The van der Waals surface area contributed by atoms with E-state index >= 15 is 0 Å². The summed E-state index contributed by atoms with van der Waals surface area (Å²) in [6.07, 6.45) is 9.09. The molecule has 0 amide bonds. The van der Waals surface area contributed by atoms with Crippen molar-refractivity contribution in [3.63, 3.8) is 0 Å². The molecule has 5 aliphatic rings. The van der Waals surface area contributed by atoms with Crippen LogP contribution in [0.5, 0.6) is 0 Å². The molecule has 10 heteroatoms. The predicted molar refractivity (Wildman–Crippen MR) is 178 cm³/mol. The highest BCUT2D eigenvalue weighted by Crippen LogP contribution is 2.53. The van der Waals surface area contributed by atoms with Gasteiger partial charge in [0.25, 0.3) is 0 Å². The van der Waals surface area contributed by atoms with E-state index < -0.39 is 11.8 Å². The maximum atomic E-state index is 12.7.